The van der Waals surface area contributed by atoms with Crippen LogP contribution in [0.2, 0.25) is 5.02 Å². The van der Waals surface area contributed by atoms with E-state index < -0.39 is 0 Å². The first kappa shape index (κ1) is 15.9. The Morgan fingerprint density at radius 2 is 1.95 bits per heavy atom. The van der Waals surface area contributed by atoms with E-state index in [2.05, 4.69) is 37.3 Å². The van der Waals surface area contributed by atoms with Gasteiger partial charge in [0, 0.05) is 14.0 Å². The Kier molecular flexibility index (Phi) is 5.57. The van der Waals surface area contributed by atoms with Crippen molar-refractivity contribution >= 4 is 43.5 Å². The Morgan fingerprint density at radius 3 is 2.60 bits per heavy atom. The number of hydrogen-bond donors (Lipinski definition) is 2. The standard InChI is InChI=1S/C14H12Br2ClFN2/c15-9-1-3-11(12(16)7-9)14(20-19)6-8-5-10(18)2-4-13(8)17/h1-5,7,14,20H,6,19H2. The van der Waals surface area contributed by atoms with Gasteiger partial charge in [0.2, 0.25) is 0 Å². The third-order valence-electron chi connectivity index (χ3n) is 2.97. The highest BCUT2D eigenvalue weighted by Crippen LogP contribution is 2.30. The molecule has 0 aliphatic rings. The van der Waals surface area contributed by atoms with Crippen LogP contribution in [0.25, 0.3) is 0 Å². The summed E-state index contributed by atoms with van der Waals surface area (Å²) in [5, 5.41) is 0.528. The third kappa shape index (κ3) is 3.80. The van der Waals surface area contributed by atoms with Crippen molar-refractivity contribution in [2.45, 2.75) is 12.5 Å². The summed E-state index contributed by atoms with van der Waals surface area (Å²) in [4.78, 5) is 0. The molecule has 0 aromatic heterocycles. The molecule has 0 saturated heterocycles. The van der Waals surface area contributed by atoms with Gasteiger partial charge in [-0.05, 0) is 47.9 Å². The van der Waals surface area contributed by atoms with Crippen molar-refractivity contribution in [1.29, 1.82) is 0 Å². The predicted octanol–water partition coefficient (Wildman–Crippen LogP) is 4.75. The molecule has 0 radical (unpaired) electrons. The molecule has 0 saturated carbocycles. The Balaban J connectivity index is 2.31. The van der Waals surface area contributed by atoms with Crippen molar-refractivity contribution in [3.05, 3.63) is 67.3 Å². The SMILES string of the molecule is NNC(Cc1cc(F)ccc1Cl)c1ccc(Br)cc1Br. The molecule has 0 heterocycles. The molecular weight excluding hydrogens is 410 g/mol. The molecule has 106 valence electrons. The lowest BCUT2D eigenvalue weighted by atomic mass is 9.99. The fraction of sp³-hybridized carbons (Fsp3) is 0.143. The normalized spacial score (nSPS) is 12.4. The van der Waals surface area contributed by atoms with Crippen LogP contribution in [-0.2, 0) is 6.42 Å². The van der Waals surface area contributed by atoms with E-state index >= 15 is 0 Å². The summed E-state index contributed by atoms with van der Waals surface area (Å²) in [6.07, 6.45) is 0.493. The maximum absolute atomic E-state index is 13.3. The minimum Gasteiger partial charge on any atom is -0.271 e. The van der Waals surface area contributed by atoms with E-state index in [4.69, 9.17) is 17.4 Å². The van der Waals surface area contributed by atoms with Crippen molar-refractivity contribution in [3.8, 4) is 0 Å². The second kappa shape index (κ2) is 7.00. The molecule has 2 aromatic rings. The Bertz CT molecular complexity index is 622. The number of rotatable bonds is 4. The van der Waals surface area contributed by atoms with Gasteiger partial charge in [-0.3, -0.25) is 11.3 Å². The summed E-state index contributed by atoms with van der Waals surface area (Å²) in [5.41, 5.74) is 4.44. The molecule has 0 aliphatic carbocycles. The largest absolute Gasteiger partial charge is 0.271 e. The van der Waals surface area contributed by atoms with Crippen LogP contribution in [0, 0.1) is 5.82 Å². The van der Waals surface area contributed by atoms with Crippen LogP contribution < -0.4 is 11.3 Å². The van der Waals surface area contributed by atoms with Gasteiger partial charge in [0.1, 0.15) is 5.82 Å². The molecule has 2 aromatic carbocycles. The van der Waals surface area contributed by atoms with Crippen LogP contribution in [0.15, 0.2) is 45.3 Å². The van der Waals surface area contributed by atoms with Crippen LogP contribution >= 0.6 is 43.5 Å². The van der Waals surface area contributed by atoms with E-state index in [0.29, 0.717) is 17.0 Å². The molecule has 2 rings (SSSR count). The lowest BCUT2D eigenvalue weighted by Crippen LogP contribution is -2.30. The van der Waals surface area contributed by atoms with E-state index in [-0.39, 0.29) is 11.9 Å². The third-order valence-corrected chi connectivity index (χ3v) is 4.52. The highest BCUT2D eigenvalue weighted by atomic mass is 79.9. The highest BCUT2D eigenvalue weighted by Gasteiger charge is 2.16. The first-order valence-corrected chi connectivity index (χ1v) is 7.82. The molecule has 0 bridgehead atoms. The van der Waals surface area contributed by atoms with Crippen molar-refractivity contribution in [2.75, 3.05) is 0 Å². The zero-order valence-corrected chi connectivity index (χ0v) is 14.3. The second-order valence-electron chi connectivity index (χ2n) is 4.32. The number of hydrazine groups is 1. The molecular formula is C14H12Br2ClFN2. The van der Waals surface area contributed by atoms with Crippen molar-refractivity contribution in [3.63, 3.8) is 0 Å². The van der Waals surface area contributed by atoms with E-state index in [1.165, 1.54) is 12.1 Å². The second-order valence-corrected chi connectivity index (χ2v) is 6.50. The van der Waals surface area contributed by atoms with Crippen LogP contribution in [-0.4, -0.2) is 0 Å². The predicted molar refractivity (Wildman–Crippen MR) is 87.0 cm³/mol. The summed E-state index contributed by atoms with van der Waals surface area (Å²) >= 11 is 13.0. The van der Waals surface area contributed by atoms with Crippen molar-refractivity contribution < 1.29 is 4.39 Å². The van der Waals surface area contributed by atoms with Crippen LogP contribution in [0.3, 0.4) is 0 Å². The fourth-order valence-corrected chi connectivity index (χ4v) is 3.48. The summed E-state index contributed by atoms with van der Waals surface area (Å²) < 4.78 is 15.2. The molecule has 0 amide bonds. The van der Waals surface area contributed by atoms with Crippen molar-refractivity contribution in [2.24, 2.45) is 5.84 Å². The molecule has 1 unspecified atom stereocenters. The number of nitrogens with two attached hydrogens (primary N) is 1. The van der Waals surface area contributed by atoms with Gasteiger partial charge in [0.05, 0.1) is 6.04 Å². The maximum Gasteiger partial charge on any atom is 0.123 e. The maximum atomic E-state index is 13.3. The molecule has 6 heteroatoms. The van der Waals surface area contributed by atoms with Crippen LogP contribution in [0.4, 0.5) is 4.39 Å². The summed E-state index contributed by atoms with van der Waals surface area (Å²) in [5.74, 6) is 5.32. The van der Waals surface area contributed by atoms with Gasteiger partial charge in [-0.2, -0.15) is 0 Å². The summed E-state index contributed by atoms with van der Waals surface area (Å²) in [6.45, 7) is 0. The fourth-order valence-electron chi connectivity index (χ4n) is 1.96. The number of halogens is 4. The monoisotopic (exact) mass is 420 g/mol. The van der Waals surface area contributed by atoms with E-state index in [0.717, 1.165) is 14.5 Å². The average molecular weight is 423 g/mol. The molecule has 0 aliphatic heterocycles. The van der Waals surface area contributed by atoms with Crippen molar-refractivity contribution in [1.82, 2.24) is 5.43 Å². The van der Waals surface area contributed by atoms with Gasteiger partial charge in [0.25, 0.3) is 0 Å². The zero-order valence-electron chi connectivity index (χ0n) is 10.3. The van der Waals surface area contributed by atoms with E-state index in [9.17, 15) is 4.39 Å². The molecule has 0 spiro atoms. The highest BCUT2D eigenvalue weighted by molar-refractivity contribution is 9.11. The molecule has 3 N–H and O–H groups in total. The number of benzene rings is 2. The topological polar surface area (TPSA) is 38.0 Å². The molecule has 0 fully saturated rings. The lowest BCUT2D eigenvalue weighted by molar-refractivity contribution is 0.546. The minimum atomic E-state index is -0.310. The van der Waals surface area contributed by atoms with Gasteiger partial charge in [-0.25, -0.2) is 4.39 Å². The smallest absolute Gasteiger partial charge is 0.123 e. The minimum absolute atomic E-state index is 0.170. The van der Waals surface area contributed by atoms with Crippen LogP contribution in [0.1, 0.15) is 17.2 Å². The number of hydrogen-bond acceptors (Lipinski definition) is 2. The zero-order chi connectivity index (χ0) is 14.7. The Hall–Kier alpha value is -0.460. The molecule has 2 nitrogen and oxygen atoms in total. The average Bonchev–Trinajstić information content (AvgIpc) is 2.40. The van der Waals surface area contributed by atoms with Gasteiger partial charge in [-0.15, -0.1) is 0 Å². The first-order valence-electron chi connectivity index (χ1n) is 5.86. The van der Waals surface area contributed by atoms with Gasteiger partial charge in [-0.1, -0.05) is 49.5 Å². The Labute approximate surface area is 138 Å². The quantitative estimate of drug-likeness (QED) is 0.551. The lowest BCUT2D eigenvalue weighted by Gasteiger charge is -2.19. The summed E-state index contributed by atoms with van der Waals surface area (Å²) in [7, 11) is 0. The summed E-state index contributed by atoms with van der Waals surface area (Å²) in [6, 6.07) is 9.97. The van der Waals surface area contributed by atoms with Gasteiger partial charge < -0.3 is 0 Å². The molecule has 1 atom stereocenters. The van der Waals surface area contributed by atoms with E-state index in [1.807, 2.05) is 18.2 Å². The first-order chi connectivity index (χ1) is 9.51. The van der Waals surface area contributed by atoms with Gasteiger partial charge >= 0.3 is 0 Å². The van der Waals surface area contributed by atoms with Gasteiger partial charge in [0.15, 0.2) is 0 Å². The Morgan fingerprint density at radius 1 is 1.20 bits per heavy atom. The molecule has 20 heavy (non-hydrogen) atoms. The number of nitrogens with one attached hydrogen (secondary N) is 1. The van der Waals surface area contributed by atoms with E-state index in [1.54, 1.807) is 6.07 Å². The van der Waals surface area contributed by atoms with Crippen LogP contribution in [0.5, 0.6) is 0 Å².